The van der Waals surface area contributed by atoms with Gasteiger partial charge >= 0.3 is 15.6 Å². The summed E-state index contributed by atoms with van der Waals surface area (Å²) in [5.74, 6) is -1.32. The molecule has 8 N–H and O–H groups in total. The largest absolute Gasteiger partial charge is 0.470 e. The number of aliphatic hydroxyl groups excluding tert-OH is 4. The summed E-state index contributed by atoms with van der Waals surface area (Å²) in [6, 6.07) is 0. The number of ketones is 1. The van der Waals surface area contributed by atoms with Gasteiger partial charge in [-0.1, -0.05) is 0 Å². The predicted octanol–water partition coefficient (Wildman–Crippen LogP) is -3.78. The fourth-order valence-electron chi connectivity index (χ4n) is 1.23. The van der Waals surface area contributed by atoms with Crippen LogP contribution in [0.15, 0.2) is 0 Å². The molecule has 0 aromatic carbocycles. The van der Waals surface area contributed by atoms with Gasteiger partial charge in [0.1, 0.15) is 31.0 Å². The molecule has 0 saturated heterocycles. The van der Waals surface area contributed by atoms with Crippen LogP contribution in [-0.2, 0) is 23.0 Å². The first-order chi connectivity index (χ1) is 9.78. The maximum absolute atomic E-state index is 11.0. The Labute approximate surface area is 123 Å². The summed E-state index contributed by atoms with van der Waals surface area (Å²) in [6.45, 7) is -2.48. The van der Waals surface area contributed by atoms with E-state index >= 15 is 0 Å². The molecule has 0 rings (SSSR count). The third-order valence-corrected chi connectivity index (χ3v) is 3.25. The minimum Gasteiger partial charge on any atom is -0.388 e. The Morgan fingerprint density at radius 1 is 0.955 bits per heavy atom. The second kappa shape index (κ2) is 8.55. The van der Waals surface area contributed by atoms with Gasteiger partial charge in [-0.15, -0.1) is 0 Å². The molecule has 0 unspecified atom stereocenters. The van der Waals surface area contributed by atoms with Crippen molar-refractivity contribution in [2.75, 3.05) is 13.2 Å². The summed E-state index contributed by atoms with van der Waals surface area (Å²) in [5.41, 5.74) is 0. The summed E-state index contributed by atoms with van der Waals surface area (Å²) in [6.07, 6.45) is -9.30. The molecular weight excluding hydrogens is 354 g/mol. The fourth-order valence-corrected chi connectivity index (χ4v) is 2.11. The highest BCUT2D eigenvalue weighted by Crippen LogP contribution is 2.41. The van der Waals surface area contributed by atoms with Crippen LogP contribution in [-0.4, -0.2) is 83.4 Å². The molecule has 0 aliphatic rings. The van der Waals surface area contributed by atoms with E-state index in [1.165, 1.54) is 0 Å². The van der Waals surface area contributed by atoms with E-state index in [0.717, 1.165) is 0 Å². The van der Waals surface area contributed by atoms with Crippen molar-refractivity contribution >= 4 is 21.4 Å². The molecule has 0 bridgehead atoms. The normalized spacial score (nSPS) is 18.5. The molecule has 0 saturated carbocycles. The number of Topliss-reactive ketones (excluding diaryl/α,β-unsaturated/α-hetero) is 1. The number of carbonyl (C=O) groups excluding carboxylic acids is 1. The Bertz CT molecular complexity index is 453. The lowest BCUT2D eigenvalue weighted by molar-refractivity contribution is -0.148. The molecule has 0 amide bonds. The van der Waals surface area contributed by atoms with Gasteiger partial charge in [-0.05, 0) is 0 Å². The smallest absolute Gasteiger partial charge is 0.388 e. The Hall–Kier alpha value is -0.270. The van der Waals surface area contributed by atoms with Crippen LogP contribution in [0, 0.1) is 0 Å². The SMILES string of the molecule is O=C(CO)[C@@H](O)[C@H](O)[C@H](O)[C@@H](COP(=O)(O)O)OP(=O)(O)O. The Balaban J connectivity index is 5.09. The second-order valence-electron chi connectivity index (χ2n) is 3.97. The molecule has 22 heavy (non-hydrogen) atoms. The van der Waals surface area contributed by atoms with Crippen LogP contribution >= 0.6 is 15.6 Å². The van der Waals surface area contributed by atoms with Gasteiger partial charge in [0.15, 0.2) is 5.78 Å². The molecule has 0 aliphatic carbocycles. The second-order valence-corrected chi connectivity index (χ2v) is 6.40. The van der Waals surface area contributed by atoms with Gasteiger partial charge in [0, 0.05) is 0 Å². The first-order valence-corrected chi connectivity index (χ1v) is 8.46. The van der Waals surface area contributed by atoms with Crippen molar-refractivity contribution in [1.82, 2.24) is 0 Å². The lowest BCUT2D eigenvalue weighted by Crippen LogP contribution is -2.50. The fraction of sp³-hybridized carbons (Fsp3) is 0.857. The van der Waals surface area contributed by atoms with E-state index in [-0.39, 0.29) is 0 Å². The Morgan fingerprint density at radius 2 is 1.45 bits per heavy atom. The molecule has 0 aliphatic heterocycles. The predicted molar refractivity (Wildman–Crippen MR) is 65.0 cm³/mol. The molecule has 0 fully saturated rings. The number of rotatable bonds is 10. The number of carbonyl (C=O) groups is 1. The maximum Gasteiger partial charge on any atom is 0.470 e. The molecule has 0 aromatic heterocycles. The standard InChI is InChI=1S/C7H16O13P2/c8-1-3(9)5(10)7(12)6(11)4(20-22(16,17)18)2-19-21(13,14)15/h4-8,10-12H,1-2H2,(H2,13,14,15)(H2,16,17,18)/t4-,5-,6-,7+/m1/s1. The van der Waals surface area contributed by atoms with Crippen LogP contribution in [0.5, 0.6) is 0 Å². The molecule has 132 valence electrons. The minimum atomic E-state index is -5.28. The lowest BCUT2D eigenvalue weighted by atomic mass is 10.0. The van der Waals surface area contributed by atoms with Crippen molar-refractivity contribution in [1.29, 1.82) is 0 Å². The van der Waals surface area contributed by atoms with E-state index in [9.17, 15) is 29.2 Å². The van der Waals surface area contributed by atoms with Crippen molar-refractivity contribution in [3.05, 3.63) is 0 Å². The molecule has 15 heteroatoms. The molecule has 4 atom stereocenters. The monoisotopic (exact) mass is 370 g/mol. The van der Waals surface area contributed by atoms with E-state index < -0.39 is 59.1 Å². The molecular formula is C7H16O13P2. The van der Waals surface area contributed by atoms with Crippen molar-refractivity contribution in [3.63, 3.8) is 0 Å². The van der Waals surface area contributed by atoms with Crippen LogP contribution in [0.4, 0.5) is 0 Å². The number of aliphatic hydroxyl groups is 4. The number of hydrogen-bond donors (Lipinski definition) is 8. The van der Waals surface area contributed by atoms with Gasteiger partial charge < -0.3 is 40.0 Å². The highest BCUT2D eigenvalue weighted by molar-refractivity contribution is 7.46. The zero-order chi connectivity index (χ0) is 17.7. The van der Waals surface area contributed by atoms with E-state index in [2.05, 4.69) is 9.05 Å². The summed E-state index contributed by atoms with van der Waals surface area (Å²) >= 11 is 0. The quantitative estimate of drug-likeness (QED) is 0.173. The first-order valence-electron chi connectivity index (χ1n) is 5.40. The minimum absolute atomic E-state index is 1.20. The first kappa shape index (κ1) is 21.7. The highest BCUT2D eigenvalue weighted by atomic mass is 31.2. The molecule has 0 aromatic rings. The molecule has 13 nitrogen and oxygen atoms in total. The van der Waals surface area contributed by atoms with Crippen molar-refractivity contribution in [2.45, 2.75) is 24.4 Å². The molecule has 0 heterocycles. The zero-order valence-corrected chi connectivity index (χ0v) is 12.5. The summed E-state index contributed by atoms with van der Waals surface area (Å²) in [5, 5.41) is 36.8. The van der Waals surface area contributed by atoms with E-state index in [1.54, 1.807) is 0 Å². The summed E-state index contributed by atoms with van der Waals surface area (Å²) in [4.78, 5) is 45.2. The van der Waals surface area contributed by atoms with Crippen LogP contribution in [0.2, 0.25) is 0 Å². The zero-order valence-electron chi connectivity index (χ0n) is 10.7. The van der Waals surface area contributed by atoms with Gasteiger partial charge in [-0.3, -0.25) is 13.8 Å². The van der Waals surface area contributed by atoms with Crippen LogP contribution < -0.4 is 0 Å². The van der Waals surface area contributed by atoms with Gasteiger partial charge in [0.05, 0.1) is 6.61 Å². The van der Waals surface area contributed by atoms with Gasteiger partial charge in [0.25, 0.3) is 0 Å². The van der Waals surface area contributed by atoms with Crippen molar-refractivity contribution in [3.8, 4) is 0 Å². The Morgan fingerprint density at radius 3 is 1.82 bits per heavy atom. The van der Waals surface area contributed by atoms with Gasteiger partial charge in [0.2, 0.25) is 0 Å². The summed E-state index contributed by atoms with van der Waals surface area (Å²) in [7, 11) is -10.4. The third kappa shape index (κ3) is 8.39. The third-order valence-electron chi connectivity index (χ3n) is 2.22. The van der Waals surface area contributed by atoms with Crippen LogP contribution in [0.1, 0.15) is 0 Å². The molecule has 0 radical (unpaired) electrons. The number of phosphoric acid groups is 2. The highest BCUT2D eigenvalue weighted by Gasteiger charge is 2.39. The van der Waals surface area contributed by atoms with E-state index in [1.807, 2.05) is 0 Å². The average Bonchev–Trinajstić information content (AvgIpc) is 2.37. The molecule has 0 spiro atoms. The number of phosphoric ester groups is 2. The van der Waals surface area contributed by atoms with Crippen LogP contribution in [0.25, 0.3) is 0 Å². The average molecular weight is 370 g/mol. The Kier molecular flexibility index (Phi) is 8.44. The van der Waals surface area contributed by atoms with Crippen molar-refractivity contribution < 1.29 is 63.0 Å². The van der Waals surface area contributed by atoms with Crippen molar-refractivity contribution in [2.24, 2.45) is 0 Å². The lowest BCUT2D eigenvalue weighted by Gasteiger charge is -2.28. The topological polar surface area (TPSA) is 232 Å². The van der Waals surface area contributed by atoms with Gasteiger partial charge in [-0.2, -0.15) is 0 Å². The summed E-state index contributed by atoms with van der Waals surface area (Å²) < 4.78 is 29.1. The van der Waals surface area contributed by atoms with E-state index in [4.69, 9.17) is 24.7 Å². The number of hydrogen-bond acceptors (Lipinski definition) is 9. The van der Waals surface area contributed by atoms with Crippen LogP contribution in [0.3, 0.4) is 0 Å². The maximum atomic E-state index is 11.0. The van der Waals surface area contributed by atoms with E-state index in [0.29, 0.717) is 0 Å². The van der Waals surface area contributed by atoms with Gasteiger partial charge in [-0.25, -0.2) is 9.13 Å².